The third kappa shape index (κ3) is 6.44. The molecule has 0 saturated heterocycles. The summed E-state index contributed by atoms with van der Waals surface area (Å²) in [4.78, 5) is 13.2. The number of nitrogens with one attached hydrogen (secondary N) is 1. The summed E-state index contributed by atoms with van der Waals surface area (Å²) in [6.45, 7) is 10.0. The number of rotatable bonds is 9. The number of halogens is 1. The molecule has 35 heavy (non-hydrogen) atoms. The van der Waals surface area contributed by atoms with Crippen molar-refractivity contribution in [2.45, 2.75) is 45.6 Å². The van der Waals surface area contributed by atoms with E-state index in [9.17, 15) is 13.2 Å². The predicted octanol–water partition coefficient (Wildman–Crippen LogP) is 5.85. The number of ether oxygens (including phenoxy) is 1. The summed E-state index contributed by atoms with van der Waals surface area (Å²) in [5.41, 5.74) is 4.78. The first-order chi connectivity index (χ1) is 16.5. The molecular weight excluding hydrogens is 528 g/mol. The van der Waals surface area contributed by atoms with Crippen molar-refractivity contribution < 1.29 is 17.9 Å². The van der Waals surface area contributed by atoms with Gasteiger partial charge in [0.25, 0.3) is 10.0 Å². The van der Waals surface area contributed by atoms with Gasteiger partial charge in [0.15, 0.2) is 0 Å². The minimum Gasteiger partial charge on any atom is -0.494 e. The molecule has 1 atom stereocenters. The van der Waals surface area contributed by atoms with Crippen LogP contribution in [-0.4, -0.2) is 27.5 Å². The van der Waals surface area contributed by atoms with Crippen molar-refractivity contribution >= 4 is 37.5 Å². The van der Waals surface area contributed by atoms with E-state index in [1.165, 1.54) is 17.7 Å². The Hall–Kier alpha value is -2.84. The van der Waals surface area contributed by atoms with Crippen LogP contribution in [0.25, 0.3) is 0 Å². The van der Waals surface area contributed by atoms with E-state index < -0.39 is 15.9 Å². The number of nitrogens with zero attached hydrogens (tertiary/aromatic N) is 1. The molecule has 0 fully saturated rings. The Morgan fingerprint density at radius 2 is 1.57 bits per heavy atom. The van der Waals surface area contributed by atoms with Gasteiger partial charge in [-0.25, -0.2) is 8.42 Å². The van der Waals surface area contributed by atoms with Crippen molar-refractivity contribution in [3.8, 4) is 5.75 Å². The van der Waals surface area contributed by atoms with Crippen LogP contribution in [0.15, 0.2) is 70.0 Å². The van der Waals surface area contributed by atoms with Crippen molar-refractivity contribution in [1.29, 1.82) is 0 Å². The molecule has 1 N–H and O–H groups in total. The van der Waals surface area contributed by atoms with Gasteiger partial charge in [0.05, 0.1) is 23.2 Å². The summed E-state index contributed by atoms with van der Waals surface area (Å²) in [6.07, 6.45) is 0. The number of anilines is 1. The van der Waals surface area contributed by atoms with Gasteiger partial charge in [0.1, 0.15) is 12.3 Å². The van der Waals surface area contributed by atoms with Crippen LogP contribution in [0.2, 0.25) is 0 Å². The first-order valence-corrected chi connectivity index (χ1v) is 13.6. The van der Waals surface area contributed by atoms with E-state index in [0.717, 1.165) is 25.5 Å². The number of carbonyl (C=O) groups excluding carboxylic acids is 1. The van der Waals surface area contributed by atoms with Crippen molar-refractivity contribution in [3.63, 3.8) is 0 Å². The lowest BCUT2D eigenvalue weighted by molar-refractivity contribution is -0.120. The molecule has 0 radical (unpaired) electrons. The highest BCUT2D eigenvalue weighted by atomic mass is 79.9. The van der Waals surface area contributed by atoms with Crippen molar-refractivity contribution in [1.82, 2.24) is 5.32 Å². The molecule has 3 aromatic carbocycles. The average Bonchev–Trinajstić information content (AvgIpc) is 2.81. The van der Waals surface area contributed by atoms with E-state index >= 15 is 0 Å². The topological polar surface area (TPSA) is 75.7 Å². The minimum atomic E-state index is -4.00. The maximum absolute atomic E-state index is 13.6. The van der Waals surface area contributed by atoms with Crippen LogP contribution in [0.5, 0.6) is 5.75 Å². The molecule has 0 spiro atoms. The number of benzene rings is 3. The van der Waals surface area contributed by atoms with Gasteiger partial charge in [0, 0.05) is 4.47 Å². The maximum atomic E-state index is 13.6. The smallest absolute Gasteiger partial charge is 0.264 e. The van der Waals surface area contributed by atoms with Gasteiger partial charge in [0.2, 0.25) is 5.91 Å². The summed E-state index contributed by atoms with van der Waals surface area (Å²) in [5.74, 6) is 0.227. The lowest BCUT2D eigenvalue weighted by Crippen LogP contribution is -2.41. The highest BCUT2D eigenvalue weighted by Gasteiger charge is 2.28. The molecule has 0 aromatic heterocycles. The first kappa shape index (κ1) is 26.8. The van der Waals surface area contributed by atoms with Crippen LogP contribution in [-0.2, 0) is 14.8 Å². The van der Waals surface area contributed by atoms with Crippen LogP contribution in [0, 0.1) is 20.8 Å². The standard InChI is InChI=1S/C27H31BrN2O4S/c1-6-34-24-11-9-23(10-12-24)30(35(32,33)25-13-7-22(28)8-14-25)17-27(31)29-21(5)26-16-19(3)18(2)15-20(26)4/h7-16,21H,6,17H2,1-5H3,(H,29,31)/t21-/m1/s1. The van der Waals surface area contributed by atoms with Crippen LogP contribution in [0.4, 0.5) is 5.69 Å². The van der Waals surface area contributed by atoms with Crippen LogP contribution >= 0.6 is 15.9 Å². The van der Waals surface area contributed by atoms with E-state index in [0.29, 0.717) is 18.0 Å². The fourth-order valence-corrected chi connectivity index (χ4v) is 5.55. The summed E-state index contributed by atoms with van der Waals surface area (Å²) >= 11 is 3.34. The third-order valence-electron chi connectivity index (χ3n) is 5.85. The van der Waals surface area contributed by atoms with Gasteiger partial charge in [-0.2, -0.15) is 0 Å². The minimum absolute atomic E-state index is 0.0976. The summed E-state index contributed by atoms with van der Waals surface area (Å²) < 4.78 is 34.5. The van der Waals surface area contributed by atoms with Gasteiger partial charge < -0.3 is 10.1 Å². The molecule has 0 aliphatic heterocycles. The van der Waals surface area contributed by atoms with Gasteiger partial charge in [-0.15, -0.1) is 0 Å². The van der Waals surface area contributed by atoms with Crippen molar-refractivity contribution in [3.05, 3.63) is 87.4 Å². The van der Waals surface area contributed by atoms with E-state index in [1.807, 2.05) is 27.7 Å². The molecule has 1 amide bonds. The van der Waals surface area contributed by atoms with E-state index in [2.05, 4.69) is 40.3 Å². The Bertz CT molecular complexity index is 1290. The average molecular weight is 560 g/mol. The zero-order valence-corrected chi connectivity index (χ0v) is 23.0. The zero-order valence-electron chi connectivity index (χ0n) is 20.6. The number of sulfonamides is 1. The number of hydrogen-bond acceptors (Lipinski definition) is 4. The second-order valence-electron chi connectivity index (χ2n) is 8.47. The van der Waals surface area contributed by atoms with E-state index in [-0.39, 0.29) is 17.5 Å². The van der Waals surface area contributed by atoms with Crippen LogP contribution < -0.4 is 14.4 Å². The number of aryl methyl sites for hydroxylation is 3. The fraction of sp³-hybridized carbons (Fsp3) is 0.296. The second-order valence-corrected chi connectivity index (χ2v) is 11.3. The zero-order chi connectivity index (χ0) is 25.8. The molecular formula is C27H31BrN2O4S. The second kappa shape index (κ2) is 11.3. The molecule has 3 aromatic rings. The monoisotopic (exact) mass is 558 g/mol. The molecule has 0 aliphatic rings. The van der Waals surface area contributed by atoms with Gasteiger partial charge in [-0.1, -0.05) is 28.1 Å². The van der Waals surface area contributed by atoms with E-state index in [1.54, 1.807) is 36.4 Å². The Labute approximate surface area is 216 Å². The Balaban J connectivity index is 1.91. The molecule has 0 unspecified atom stereocenters. The van der Waals surface area contributed by atoms with Crippen LogP contribution in [0.1, 0.15) is 42.1 Å². The van der Waals surface area contributed by atoms with Gasteiger partial charge in [-0.3, -0.25) is 9.10 Å². The number of carbonyl (C=O) groups is 1. The Morgan fingerprint density at radius 3 is 2.17 bits per heavy atom. The normalized spacial score (nSPS) is 12.2. The molecule has 0 aliphatic carbocycles. The third-order valence-corrected chi connectivity index (χ3v) is 8.17. The lowest BCUT2D eigenvalue weighted by atomic mass is 9.96. The predicted molar refractivity (Wildman–Crippen MR) is 143 cm³/mol. The summed E-state index contributed by atoms with van der Waals surface area (Å²) in [6, 6.07) is 16.9. The number of hydrogen-bond donors (Lipinski definition) is 1. The fourth-order valence-electron chi connectivity index (χ4n) is 3.87. The largest absolute Gasteiger partial charge is 0.494 e. The highest BCUT2D eigenvalue weighted by Crippen LogP contribution is 2.27. The highest BCUT2D eigenvalue weighted by molar-refractivity contribution is 9.10. The molecule has 0 heterocycles. The lowest BCUT2D eigenvalue weighted by Gasteiger charge is -2.26. The Morgan fingerprint density at radius 1 is 0.971 bits per heavy atom. The molecule has 3 rings (SSSR count). The summed E-state index contributed by atoms with van der Waals surface area (Å²) in [5, 5.41) is 2.97. The van der Waals surface area contributed by atoms with Gasteiger partial charge in [-0.05, 0) is 105 Å². The van der Waals surface area contributed by atoms with Crippen molar-refractivity contribution in [2.24, 2.45) is 0 Å². The molecule has 8 heteroatoms. The van der Waals surface area contributed by atoms with Gasteiger partial charge >= 0.3 is 0 Å². The molecule has 6 nitrogen and oxygen atoms in total. The Kier molecular flexibility index (Phi) is 8.61. The van der Waals surface area contributed by atoms with E-state index in [4.69, 9.17) is 4.74 Å². The van der Waals surface area contributed by atoms with Crippen LogP contribution in [0.3, 0.4) is 0 Å². The molecule has 0 saturated carbocycles. The first-order valence-electron chi connectivity index (χ1n) is 11.4. The number of amides is 1. The quantitative estimate of drug-likeness (QED) is 0.357. The maximum Gasteiger partial charge on any atom is 0.264 e. The van der Waals surface area contributed by atoms with Crippen molar-refractivity contribution in [2.75, 3.05) is 17.5 Å². The summed E-state index contributed by atoms with van der Waals surface area (Å²) in [7, 11) is -4.00. The molecule has 0 bridgehead atoms. The molecule has 186 valence electrons. The SMILES string of the molecule is CCOc1ccc(N(CC(=O)N[C@H](C)c2cc(C)c(C)cc2C)S(=O)(=O)c2ccc(Br)cc2)cc1.